The molecule has 0 heterocycles. The Morgan fingerprint density at radius 1 is 1.06 bits per heavy atom. The first-order valence-electron chi connectivity index (χ1n) is 5.33. The summed E-state index contributed by atoms with van der Waals surface area (Å²) in [6.07, 6.45) is 0. The molecule has 0 fully saturated rings. The highest BCUT2D eigenvalue weighted by atomic mass is 16.2. The van der Waals surface area contributed by atoms with Gasteiger partial charge in [-0.05, 0) is 24.0 Å². The van der Waals surface area contributed by atoms with Gasteiger partial charge >= 0.3 is 0 Å². The Morgan fingerprint density at radius 3 is 1.81 bits per heavy atom. The second-order valence-corrected chi connectivity index (χ2v) is 4.27. The van der Waals surface area contributed by atoms with Crippen LogP contribution in [0.5, 0.6) is 0 Å². The summed E-state index contributed by atoms with van der Waals surface area (Å²) >= 11 is 0. The highest BCUT2D eigenvalue weighted by Crippen LogP contribution is 2.20. The third-order valence-corrected chi connectivity index (χ3v) is 2.63. The Bertz CT molecular complexity index is 379. The van der Waals surface area contributed by atoms with Gasteiger partial charge in [0.15, 0.2) is 0 Å². The molecular formula is C13H17NO2. The van der Waals surface area contributed by atoms with Crippen LogP contribution < -0.4 is 5.73 Å². The van der Waals surface area contributed by atoms with E-state index in [4.69, 9.17) is 5.73 Å². The average molecular weight is 219 g/mol. The minimum absolute atomic E-state index is 0.218. The lowest BCUT2D eigenvalue weighted by Crippen LogP contribution is -2.26. The molecule has 16 heavy (non-hydrogen) atoms. The van der Waals surface area contributed by atoms with E-state index < -0.39 is 11.8 Å². The fraction of sp³-hybridized carbons (Fsp3) is 0.385. The van der Waals surface area contributed by atoms with E-state index in [-0.39, 0.29) is 5.78 Å². The number of hydrogen-bond acceptors (Lipinski definition) is 2. The molecule has 0 saturated carbocycles. The molecule has 1 rings (SSSR count). The van der Waals surface area contributed by atoms with E-state index in [1.54, 1.807) is 12.1 Å². The normalized spacial score (nSPS) is 12.5. The molecule has 0 saturated heterocycles. The maximum Gasteiger partial charge on any atom is 0.232 e. The van der Waals surface area contributed by atoms with Crippen molar-refractivity contribution in [3.63, 3.8) is 0 Å². The predicted molar refractivity (Wildman–Crippen MR) is 63.1 cm³/mol. The molecule has 1 atom stereocenters. The van der Waals surface area contributed by atoms with Gasteiger partial charge < -0.3 is 5.73 Å². The third-order valence-electron chi connectivity index (χ3n) is 2.63. The number of rotatable bonds is 4. The smallest absolute Gasteiger partial charge is 0.232 e. The highest BCUT2D eigenvalue weighted by Gasteiger charge is 2.22. The van der Waals surface area contributed by atoms with Crippen LogP contribution in [0.4, 0.5) is 0 Å². The lowest BCUT2D eigenvalue weighted by atomic mass is 9.92. The van der Waals surface area contributed by atoms with Crippen LogP contribution in [0.2, 0.25) is 0 Å². The Kier molecular flexibility index (Phi) is 3.82. The van der Waals surface area contributed by atoms with Crippen LogP contribution in [-0.4, -0.2) is 11.7 Å². The van der Waals surface area contributed by atoms with E-state index in [9.17, 15) is 9.59 Å². The SMILES string of the molecule is CC(=O)C(C(N)=O)c1ccc(C(C)C)cc1. The van der Waals surface area contributed by atoms with Crippen molar-refractivity contribution in [2.75, 3.05) is 0 Å². The Morgan fingerprint density at radius 2 is 1.50 bits per heavy atom. The average Bonchev–Trinajstić information content (AvgIpc) is 2.17. The molecule has 2 N–H and O–H groups in total. The summed E-state index contributed by atoms with van der Waals surface area (Å²) in [5.41, 5.74) is 7.05. The minimum atomic E-state index is -0.818. The molecule has 3 heteroatoms. The zero-order valence-corrected chi connectivity index (χ0v) is 9.86. The quantitative estimate of drug-likeness (QED) is 0.787. The monoisotopic (exact) mass is 219 g/mol. The van der Waals surface area contributed by atoms with Gasteiger partial charge in [0.05, 0.1) is 0 Å². The lowest BCUT2D eigenvalue weighted by molar-refractivity contribution is -0.127. The molecule has 0 aromatic heterocycles. The zero-order valence-electron chi connectivity index (χ0n) is 9.86. The number of primary amides is 1. The zero-order chi connectivity index (χ0) is 12.3. The van der Waals surface area contributed by atoms with Crippen molar-refractivity contribution in [3.8, 4) is 0 Å². The summed E-state index contributed by atoms with van der Waals surface area (Å²) in [6, 6.07) is 7.45. The van der Waals surface area contributed by atoms with E-state index >= 15 is 0 Å². The molecule has 0 spiro atoms. The van der Waals surface area contributed by atoms with E-state index in [0.717, 1.165) is 0 Å². The van der Waals surface area contributed by atoms with Crippen LogP contribution in [0.25, 0.3) is 0 Å². The molecule has 0 radical (unpaired) electrons. The number of Topliss-reactive ketones (excluding diaryl/α,β-unsaturated/α-hetero) is 1. The third kappa shape index (κ3) is 2.69. The van der Waals surface area contributed by atoms with Crippen molar-refractivity contribution in [1.29, 1.82) is 0 Å². The largest absolute Gasteiger partial charge is 0.369 e. The van der Waals surface area contributed by atoms with Gasteiger partial charge in [0.25, 0.3) is 0 Å². The summed E-state index contributed by atoms with van der Waals surface area (Å²) in [7, 11) is 0. The van der Waals surface area contributed by atoms with Gasteiger partial charge in [-0.15, -0.1) is 0 Å². The topological polar surface area (TPSA) is 60.2 Å². The summed E-state index contributed by atoms with van der Waals surface area (Å²) in [5, 5.41) is 0. The van der Waals surface area contributed by atoms with E-state index in [0.29, 0.717) is 11.5 Å². The summed E-state index contributed by atoms with van der Waals surface area (Å²) in [5.74, 6) is -1.20. The van der Waals surface area contributed by atoms with E-state index in [1.165, 1.54) is 12.5 Å². The van der Waals surface area contributed by atoms with Gasteiger partial charge in [-0.25, -0.2) is 0 Å². The number of carbonyl (C=O) groups excluding carboxylic acids is 2. The minimum Gasteiger partial charge on any atom is -0.369 e. The van der Waals surface area contributed by atoms with Crippen LogP contribution in [0.1, 0.15) is 43.7 Å². The van der Waals surface area contributed by atoms with Gasteiger partial charge in [0.1, 0.15) is 11.7 Å². The number of hydrogen-bond donors (Lipinski definition) is 1. The maximum absolute atomic E-state index is 11.3. The number of benzene rings is 1. The first-order valence-corrected chi connectivity index (χ1v) is 5.33. The van der Waals surface area contributed by atoms with Crippen molar-refractivity contribution in [1.82, 2.24) is 0 Å². The van der Waals surface area contributed by atoms with E-state index in [1.807, 2.05) is 12.1 Å². The summed E-state index contributed by atoms with van der Waals surface area (Å²) < 4.78 is 0. The van der Waals surface area contributed by atoms with Crippen LogP contribution >= 0.6 is 0 Å². The summed E-state index contributed by atoms with van der Waals surface area (Å²) in [4.78, 5) is 22.5. The second-order valence-electron chi connectivity index (χ2n) is 4.27. The van der Waals surface area contributed by atoms with E-state index in [2.05, 4.69) is 13.8 Å². The van der Waals surface area contributed by atoms with Crippen LogP contribution in [0.15, 0.2) is 24.3 Å². The first-order chi connectivity index (χ1) is 7.43. The van der Waals surface area contributed by atoms with Gasteiger partial charge in [-0.2, -0.15) is 0 Å². The summed E-state index contributed by atoms with van der Waals surface area (Å²) in [6.45, 7) is 5.56. The number of ketones is 1. The first kappa shape index (κ1) is 12.4. The number of carbonyl (C=O) groups is 2. The molecule has 1 aromatic rings. The standard InChI is InChI=1S/C13H17NO2/c1-8(2)10-4-6-11(7-5-10)12(9(3)15)13(14)16/h4-8,12H,1-3H3,(H2,14,16). The van der Waals surface area contributed by atoms with Crippen LogP contribution in [-0.2, 0) is 9.59 Å². The Labute approximate surface area is 95.6 Å². The van der Waals surface area contributed by atoms with Gasteiger partial charge in [0.2, 0.25) is 5.91 Å². The number of nitrogens with two attached hydrogens (primary N) is 1. The molecule has 1 amide bonds. The lowest BCUT2D eigenvalue weighted by Gasteiger charge is -2.12. The molecule has 0 bridgehead atoms. The van der Waals surface area contributed by atoms with Gasteiger partial charge in [-0.3, -0.25) is 9.59 Å². The van der Waals surface area contributed by atoms with Crippen molar-refractivity contribution in [2.45, 2.75) is 32.6 Å². The molecule has 0 aliphatic rings. The highest BCUT2D eigenvalue weighted by molar-refractivity contribution is 6.04. The van der Waals surface area contributed by atoms with Crippen molar-refractivity contribution >= 4 is 11.7 Å². The Balaban J connectivity index is 3.04. The van der Waals surface area contributed by atoms with Crippen LogP contribution in [0.3, 0.4) is 0 Å². The van der Waals surface area contributed by atoms with Crippen molar-refractivity contribution in [3.05, 3.63) is 35.4 Å². The molecule has 1 aromatic carbocycles. The molecule has 86 valence electrons. The molecule has 0 aliphatic carbocycles. The fourth-order valence-corrected chi connectivity index (χ4v) is 1.67. The van der Waals surface area contributed by atoms with Gasteiger partial charge in [0, 0.05) is 0 Å². The van der Waals surface area contributed by atoms with Crippen molar-refractivity contribution < 1.29 is 9.59 Å². The molecule has 3 nitrogen and oxygen atoms in total. The molecule has 0 aliphatic heterocycles. The molecule has 1 unspecified atom stereocenters. The second kappa shape index (κ2) is 4.92. The van der Waals surface area contributed by atoms with Gasteiger partial charge in [-0.1, -0.05) is 38.1 Å². The Hall–Kier alpha value is -1.64. The fourth-order valence-electron chi connectivity index (χ4n) is 1.67. The molecular weight excluding hydrogens is 202 g/mol. The maximum atomic E-state index is 11.3. The number of amides is 1. The van der Waals surface area contributed by atoms with Crippen molar-refractivity contribution in [2.24, 2.45) is 5.73 Å². The predicted octanol–water partition coefficient (Wildman–Crippen LogP) is 1.97. The van der Waals surface area contributed by atoms with Crippen LogP contribution in [0, 0.1) is 0 Å².